The predicted molar refractivity (Wildman–Crippen MR) is 79.1 cm³/mol. The van der Waals surface area contributed by atoms with E-state index in [9.17, 15) is 0 Å². The lowest BCUT2D eigenvalue weighted by Gasteiger charge is -2.33. The third-order valence-electron chi connectivity index (χ3n) is 4.31. The molecule has 0 bridgehead atoms. The largest absolute Gasteiger partial charge is 0.486 e. The van der Waals surface area contributed by atoms with E-state index in [0.717, 1.165) is 25.1 Å². The molecule has 1 fully saturated rings. The van der Waals surface area contributed by atoms with E-state index in [1.807, 2.05) is 0 Å². The maximum atomic E-state index is 6.02. The van der Waals surface area contributed by atoms with E-state index in [1.54, 1.807) is 0 Å². The molecule has 2 aliphatic rings. The van der Waals surface area contributed by atoms with Gasteiger partial charge in [0.1, 0.15) is 11.9 Å². The Hall–Kier alpha value is -1.22. The lowest BCUT2D eigenvalue weighted by Crippen LogP contribution is -2.37. The van der Waals surface area contributed by atoms with Gasteiger partial charge in [-0.3, -0.25) is 0 Å². The zero-order chi connectivity index (χ0) is 13.2. The van der Waals surface area contributed by atoms with Crippen molar-refractivity contribution in [3.63, 3.8) is 0 Å². The van der Waals surface area contributed by atoms with Crippen LogP contribution in [-0.2, 0) is 6.42 Å². The Morgan fingerprint density at radius 2 is 2.32 bits per heavy atom. The minimum absolute atomic E-state index is 0.333. The minimum Gasteiger partial charge on any atom is -0.486 e. The molecular weight excluding hydrogens is 236 g/mol. The van der Waals surface area contributed by atoms with Gasteiger partial charge < -0.3 is 15.0 Å². The van der Waals surface area contributed by atoms with Crippen molar-refractivity contribution in [2.24, 2.45) is 0 Å². The van der Waals surface area contributed by atoms with Gasteiger partial charge in [-0.05, 0) is 49.9 Å². The molecule has 0 radical (unpaired) electrons. The molecule has 0 spiro atoms. The second-order valence-corrected chi connectivity index (χ2v) is 5.83. The zero-order valence-corrected chi connectivity index (χ0v) is 12.0. The first kappa shape index (κ1) is 12.8. The number of anilines is 1. The summed E-state index contributed by atoms with van der Waals surface area (Å²) in [7, 11) is 2.17. The van der Waals surface area contributed by atoms with Crippen molar-refractivity contribution in [3.05, 3.63) is 23.8 Å². The first-order valence-corrected chi connectivity index (χ1v) is 7.50. The average Bonchev–Trinajstić information content (AvgIpc) is 2.92. The second-order valence-electron chi connectivity index (χ2n) is 5.83. The topological polar surface area (TPSA) is 24.5 Å². The summed E-state index contributed by atoms with van der Waals surface area (Å²) in [5, 5.41) is 3.57. The summed E-state index contributed by atoms with van der Waals surface area (Å²) < 4.78 is 6.02. The Balaban J connectivity index is 1.77. The van der Waals surface area contributed by atoms with Crippen molar-refractivity contribution in [2.75, 3.05) is 25.0 Å². The van der Waals surface area contributed by atoms with Gasteiger partial charge >= 0.3 is 0 Å². The Morgan fingerprint density at radius 1 is 1.42 bits per heavy atom. The molecule has 1 aromatic rings. The van der Waals surface area contributed by atoms with E-state index in [-0.39, 0.29) is 0 Å². The number of nitrogens with one attached hydrogen (secondary N) is 1. The van der Waals surface area contributed by atoms with Gasteiger partial charge in [0.15, 0.2) is 0 Å². The number of benzene rings is 1. The summed E-state index contributed by atoms with van der Waals surface area (Å²) in [5.41, 5.74) is 2.67. The van der Waals surface area contributed by atoms with E-state index in [4.69, 9.17) is 4.74 Å². The highest BCUT2D eigenvalue weighted by Gasteiger charge is 2.23. The average molecular weight is 260 g/mol. The van der Waals surface area contributed by atoms with Crippen LogP contribution in [0.15, 0.2) is 18.2 Å². The summed E-state index contributed by atoms with van der Waals surface area (Å²) in [6.45, 7) is 4.36. The van der Waals surface area contributed by atoms with Crippen LogP contribution >= 0.6 is 0 Å². The highest BCUT2D eigenvalue weighted by Crippen LogP contribution is 2.34. The third-order valence-corrected chi connectivity index (χ3v) is 4.31. The molecule has 0 amide bonds. The Morgan fingerprint density at radius 3 is 3.05 bits per heavy atom. The first-order chi connectivity index (χ1) is 9.26. The third kappa shape index (κ3) is 2.71. The number of rotatable bonds is 3. The van der Waals surface area contributed by atoms with E-state index in [1.165, 1.54) is 30.6 Å². The maximum absolute atomic E-state index is 6.02. The van der Waals surface area contributed by atoms with Gasteiger partial charge in [-0.1, -0.05) is 13.0 Å². The number of ether oxygens (including phenoxy) is 1. The van der Waals surface area contributed by atoms with Crippen molar-refractivity contribution in [1.82, 2.24) is 5.32 Å². The molecule has 3 rings (SSSR count). The zero-order valence-electron chi connectivity index (χ0n) is 12.0. The van der Waals surface area contributed by atoms with E-state index in [0.29, 0.717) is 12.1 Å². The quantitative estimate of drug-likeness (QED) is 0.904. The smallest absolute Gasteiger partial charge is 0.143 e. The number of fused-ring (bicyclic) bond motifs is 1. The summed E-state index contributed by atoms with van der Waals surface area (Å²) in [6.07, 6.45) is 5.16. The Kier molecular flexibility index (Phi) is 3.65. The molecule has 3 heteroatoms. The van der Waals surface area contributed by atoms with Crippen LogP contribution in [-0.4, -0.2) is 32.3 Å². The predicted octanol–water partition coefficient (Wildman–Crippen LogP) is 2.59. The Labute approximate surface area is 115 Å². The van der Waals surface area contributed by atoms with Crippen LogP contribution in [0, 0.1) is 0 Å². The summed E-state index contributed by atoms with van der Waals surface area (Å²) in [5.74, 6) is 1.05. The molecule has 1 N–H and O–H groups in total. The fourth-order valence-corrected chi connectivity index (χ4v) is 3.14. The summed E-state index contributed by atoms with van der Waals surface area (Å²) in [6, 6.07) is 7.35. The van der Waals surface area contributed by atoms with E-state index < -0.39 is 0 Å². The number of nitrogens with zero attached hydrogens (tertiary/aromatic N) is 1. The van der Waals surface area contributed by atoms with Crippen molar-refractivity contribution >= 4 is 5.69 Å². The number of likely N-dealkylation sites (N-methyl/N-ethyl adjacent to an activating group) is 1. The number of hydrogen-bond acceptors (Lipinski definition) is 3. The number of hydrogen-bond donors (Lipinski definition) is 1. The fraction of sp³-hybridized carbons (Fsp3) is 0.625. The van der Waals surface area contributed by atoms with Gasteiger partial charge in [-0.15, -0.1) is 0 Å². The maximum Gasteiger partial charge on any atom is 0.143 e. The molecule has 1 aromatic carbocycles. The van der Waals surface area contributed by atoms with E-state index in [2.05, 4.69) is 42.4 Å². The highest BCUT2D eigenvalue weighted by atomic mass is 16.5. The van der Waals surface area contributed by atoms with Gasteiger partial charge in [-0.25, -0.2) is 0 Å². The van der Waals surface area contributed by atoms with Gasteiger partial charge in [-0.2, -0.15) is 0 Å². The SMILES string of the molecule is CCC1CN(C)c2cc(CC3CCCN3)ccc2O1. The van der Waals surface area contributed by atoms with Crippen molar-refractivity contribution in [3.8, 4) is 5.75 Å². The normalized spacial score (nSPS) is 26.1. The molecule has 0 saturated carbocycles. The lowest BCUT2D eigenvalue weighted by molar-refractivity contribution is 0.191. The molecule has 19 heavy (non-hydrogen) atoms. The van der Waals surface area contributed by atoms with Crippen LogP contribution in [0.5, 0.6) is 5.75 Å². The monoisotopic (exact) mass is 260 g/mol. The Bertz CT molecular complexity index is 440. The van der Waals surface area contributed by atoms with Crippen LogP contribution in [0.2, 0.25) is 0 Å². The minimum atomic E-state index is 0.333. The molecule has 104 valence electrons. The molecule has 0 aromatic heterocycles. The van der Waals surface area contributed by atoms with Crippen molar-refractivity contribution < 1.29 is 4.74 Å². The standard InChI is InChI=1S/C16H24N2O/c1-3-14-11-18(2)15-10-12(6-7-16(15)19-14)9-13-5-4-8-17-13/h6-7,10,13-14,17H,3-5,8-9,11H2,1-2H3. The van der Waals surface area contributed by atoms with Gasteiger partial charge in [0.05, 0.1) is 12.2 Å². The van der Waals surface area contributed by atoms with Gasteiger partial charge in [0, 0.05) is 13.1 Å². The molecule has 1 saturated heterocycles. The summed E-state index contributed by atoms with van der Waals surface area (Å²) in [4.78, 5) is 2.33. The highest BCUT2D eigenvalue weighted by molar-refractivity contribution is 5.61. The molecule has 2 aliphatic heterocycles. The molecule has 2 heterocycles. The molecule has 3 nitrogen and oxygen atoms in total. The van der Waals surface area contributed by atoms with E-state index >= 15 is 0 Å². The van der Waals surface area contributed by atoms with Gasteiger partial charge in [0.25, 0.3) is 0 Å². The first-order valence-electron chi connectivity index (χ1n) is 7.50. The van der Waals surface area contributed by atoms with Crippen LogP contribution in [0.4, 0.5) is 5.69 Å². The molecular formula is C16H24N2O. The van der Waals surface area contributed by atoms with Gasteiger partial charge in [0.2, 0.25) is 0 Å². The lowest BCUT2D eigenvalue weighted by atomic mass is 10.0. The molecule has 2 atom stereocenters. The molecule has 0 aliphatic carbocycles. The molecule has 2 unspecified atom stereocenters. The summed E-state index contributed by atoms with van der Waals surface area (Å²) >= 11 is 0. The van der Waals surface area contributed by atoms with Crippen LogP contribution in [0.1, 0.15) is 31.7 Å². The van der Waals surface area contributed by atoms with Crippen LogP contribution in [0.25, 0.3) is 0 Å². The fourth-order valence-electron chi connectivity index (χ4n) is 3.14. The second kappa shape index (κ2) is 5.41. The van der Waals surface area contributed by atoms with Crippen molar-refractivity contribution in [2.45, 2.75) is 44.8 Å². The van der Waals surface area contributed by atoms with Crippen LogP contribution in [0.3, 0.4) is 0 Å². The van der Waals surface area contributed by atoms with Crippen molar-refractivity contribution in [1.29, 1.82) is 0 Å². The van der Waals surface area contributed by atoms with Crippen LogP contribution < -0.4 is 15.0 Å².